The zero-order chi connectivity index (χ0) is 8.82. The Morgan fingerprint density at radius 2 is 2.17 bits per heavy atom. The summed E-state index contributed by atoms with van der Waals surface area (Å²) in [5.41, 5.74) is 0. The first-order valence-corrected chi connectivity index (χ1v) is 4.30. The van der Waals surface area contributed by atoms with Gasteiger partial charge in [0.15, 0.2) is 0 Å². The molecule has 0 aromatic rings. The van der Waals surface area contributed by atoms with E-state index in [4.69, 9.17) is 9.47 Å². The van der Waals surface area contributed by atoms with Crippen molar-refractivity contribution < 1.29 is 19.7 Å². The van der Waals surface area contributed by atoms with Gasteiger partial charge in [0.05, 0.1) is 6.10 Å². The molecule has 0 saturated carbocycles. The third kappa shape index (κ3) is 1.25. The van der Waals surface area contributed by atoms with E-state index < -0.39 is 11.6 Å². The molecule has 2 N–H and O–H groups in total. The molecule has 2 heterocycles. The van der Waals surface area contributed by atoms with Crippen molar-refractivity contribution in [3.8, 4) is 0 Å². The maximum atomic E-state index is 9.56. The van der Waals surface area contributed by atoms with Crippen LogP contribution < -0.4 is 0 Å². The first-order chi connectivity index (χ1) is 5.54. The van der Waals surface area contributed by atoms with Crippen molar-refractivity contribution in [3.05, 3.63) is 0 Å². The lowest BCUT2D eigenvalue weighted by molar-refractivity contribution is -0.0245. The van der Waals surface area contributed by atoms with Crippen molar-refractivity contribution in [2.45, 2.75) is 43.9 Å². The molecule has 0 aromatic heterocycles. The molecule has 2 fully saturated rings. The van der Waals surface area contributed by atoms with Crippen LogP contribution >= 0.6 is 0 Å². The number of hydrogen-bond acceptors (Lipinski definition) is 4. The summed E-state index contributed by atoms with van der Waals surface area (Å²) in [5, 5.41) is 18.8. The minimum atomic E-state index is -1.36. The summed E-state index contributed by atoms with van der Waals surface area (Å²) in [5.74, 6) is -2.72. The topological polar surface area (TPSA) is 62.2 Å². The van der Waals surface area contributed by atoms with E-state index in [2.05, 4.69) is 0 Å². The highest BCUT2D eigenvalue weighted by Gasteiger charge is 2.67. The van der Waals surface area contributed by atoms with Gasteiger partial charge < -0.3 is 19.7 Å². The normalized spacial score (nSPS) is 52.8. The van der Waals surface area contributed by atoms with E-state index in [9.17, 15) is 10.2 Å². The number of ether oxygens (including phenoxy) is 2. The number of epoxide rings is 1. The van der Waals surface area contributed by atoms with E-state index in [1.54, 1.807) is 0 Å². The molecule has 2 aliphatic heterocycles. The standard InChI is InChI=1S/C8H14O4/c1-7(9)8(10,12-7)5-6-3-2-4-11-6/h6,9-10H,2-5H2,1H3. The summed E-state index contributed by atoms with van der Waals surface area (Å²) >= 11 is 0. The first-order valence-electron chi connectivity index (χ1n) is 4.30. The van der Waals surface area contributed by atoms with Crippen LogP contribution in [0.3, 0.4) is 0 Å². The first kappa shape index (κ1) is 8.44. The average Bonchev–Trinajstić information content (AvgIpc) is 2.36. The van der Waals surface area contributed by atoms with Crippen LogP contribution in [0.4, 0.5) is 0 Å². The molecule has 0 aromatic carbocycles. The highest BCUT2D eigenvalue weighted by atomic mass is 16.8. The summed E-state index contributed by atoms with van der Waals surface area (Å²) in [6.07, 6.45) is 2.40. The van der Waals surface area contributed by atoms with Gasteiger partial charge >= 0.3 is 0 Å². The number of rotatable bonds is 2. The van der Waals surface area contributed by atoms with Crippen LogP contribution in [0.25, 0.3) is 0 Å². The number of aliphatic hydroxyl groups is 2. The molecule has 3 unspecified atom stereocenters. The van der Waals surface area contributed by atoms with Crippen LogP contribution in [0.1, 0.15) is 26.2 Å². The molecule has 12 heavy (non-hydrogen) atoms. The molecule has 0 radical (unpaired) electrons. The summed E-state index contributed by atoms with van der Waals surface area (Å²) in [6.45, 7) is 2.21. The third-order valence-corrected chi connectivity index (χ3v) is 2.58. The molecule has 2 rings (SSSR count). The van der Waals surface area contributed by atoms with Crippen LogP contribution in [-0.2, 0) is 9.47 Å². The molecule has 3 atom stereocenters. The second kappa shape index (κ2) is 2.42. The van der Waals surface area contributed by atoms with E-state index >= 15 is 0 Å². The Hall–Kier alpha value is -0.160. The Morgan fingerprint density at radius 1 is 1.50 bits per heavy atom. The van der Waals surface area contributed by atoms with Crippen molar-refractivity contribution in [3.63, 3.8) is 0 Å². The minimum Gasteiger partial charge on any atom is -0.378 e. The Bertz CT molecular complexity index is 185. The summed E-state index contributed by atoms with van der Waals surface area (Å²) in [4.78, 5) is 0. The van der Waals surface area contributed by atoms with Gasteiger partial charge in [-0.2, -0.15) is 0 Å². The van der Waals surface area contributed by atoms with E-state index in [0.717, 1.165) is 19.4 Å². The quantitative estimate of drug-likeness (QED) is 0.578. The van der Waals surface area contributed by atoms with E-state index in [-0.39, 0.29) is 6.10 Å². The Labute approximate surface area is 71.1 Å². The van der Waals surface area contributed by atoms with Gasteiger partial charge in [-0.15, -0.1) is 0 Å². The molecule has 2 saturated heterocycles. The molecule has 2 aliphatic rings. The Kier molecular flexibility index (Phi) is 1.70. The lowest BCUT2D eigenvalue weighted by Gasteiger charge is -2.12. The van der Waals surface area contributed by atoms with Gasteiger partial charge in [-0.1, -0.05) is 0 Å². The smallest absolute Gasteiger partial charge is 0.226 e. The highest BCUT2D eigenvalue weighted by Crippen LogP contribution is 2.47. The summed E-state index contributed by atoms with van der Waals surface area (Å²) < 4.78 is 10.1. The fraction of sp³-hybridized carbons (Fsp3) is 1.00. The van der Waals surface area contributed by atoms with Crippen LogP contribution in [0.15, 0.2) is 0 Å². The van der Waals surface area contributed by atoms with Gasteiger partial charge in [-0.25, -0.2) is 0 Å². The van der Waals surface area contributed by atoms with Gasteiger partial charge in [0.2, 0.25) is 11.6 Å². The minimum absolute atomic E-state index is 0.0453. The van der Waals surface area contributed by atoms with E-state index in [0.29, 0.717) is 6.42 Å². The largest absolute Gasteiger partial charge is 0.378 e. The second-order valence-corrected chi connectivity index (χ2v) is 3.71. The molecule has 0 bridgehead atoms. The van der Waals surface area contributed by atoms with Gasteiger partial charge in [0, 0.05) is 13.0 Å². The zero-order valence-corrected chi connectivity index (χ0v) is 7.12. The van der Waals surface area contributed by atoms with Crippen molar-refractivity contribution >= 4 is 0 Å². The SMILES string of the molecule is CC1(O)OC1(O)CC1CCCO1. The third-order valence-electron chi connectivity index (χ3n) is 2.58. The van der Waals surface area contributed by atoms with E-state index in [1.807, 2.05) is 0 Å². The zero-order valence-electron chi connectivity index (χ0n) is 7.12. The molecule has 0 amide bonds. The van der Waals surface area contributed by atoms with Crippen LogP contribution in [-0.4, -0.2) is 34.5 Å². The summed E-state index contributed by atoms with van der Waals surface area (Å²) in [7, 11) is 0. The molecule has 0 spiro atoms. The van der Waals surface area contributed by atoms with Gasteiger partial charge in [0.1, 0.15) is 0 Å². The van der Waals surface area contributed by atoms with Gasteiger partial charge in [-0.05, 0) is 19.8 Å². The molecular weight excluding hydrogens is 160 g/mol. The van der Waals surface area contributed by atoms with Crippen molar-refractivity contribution in [1.82, 2.24) is 0 Å². The van der Waals surface area contributed by atoms with Gasteiger partial charge in [0.25, 0.3) is 0 Å². The molecular formula is C8H14O4. The number of hydrogen-bond donors (Lipinski definition) is 2. The van der Waals surface area contributed by atoms with Crippen LogP contribution in [0, 0.1) is 0 Å². The molecule has 0 aliphatic carbocycles. The highest BCUT2D eigenvalue weighted by molar-refractivity contribution is 4.98. The summed E-state index contributed by atoms with van der Waals surface area (Å²) in [6, 6.07) is 0. The van der Waals surface area contributed by atoms with Crippen LogP contribution in [0.5, 0.6) is 0 Å². The fourth-order valence-electron chi connectivity index (χ4n) is 1.65. The lowest BCUT2D eigenvalue weighted by atomic mass is 10.1. The lowest BCUT2D eigenvalue weighted by Crippen LogP contribution is -2.27. The molecule has 4 nitrogen and oxygen atoms in total. The second-order valence-electron chi connectivity index (χ2n) is 3.71. The van der Waals surface area contributed by atoms with Crippen molar-refractivity contribution in [2.75, 3.05) is 6.61 Å². The molecule has 70 valence electrons. The monoisotopic (exact) mass is 174 g/mol. The fourth-order valence-corrected chi connectivity index (χ4v) is 1.65. The van der Waals surface area contributed by atoms with Gasteiger partial charge in [-0.3, -0.25) is 0 Å². The van der Waals surface area contributed by atoms with E-state index in [1.165, 1.54) is 6.92 Å². The van der Waals surface area contributed by atoms with Crippen LogP contribution in [0.2, 0.25) is 0 Å². The molecule has 4 heteroatoms. The Morgan fingerprint density at radius 3 is 2.58 bits per heavy atom. The maximum absolute atomic E-state index is 9.56. The Balaban J connectivity index is 1.87. The van der Waals surface area contributed by atoms with Crippen molar-refractivity contribution in [1.29, 1.82) is 0 Å². The maximum Gasteiger partial charge on any atom is 0.226 e. The average molecular weight is 174 g/mol. The van der Waals surface area contributed by atoms with Crippen molar-refractivity contribution in [2.24, 2.45) is 0 Å². The predicted octanol–water partition coefficient (Wildman–Crippen LogP) is -0.0172. The predicted molar refractivity (Wildman–Crippen MR) is 40.2 cm³/mol.